The molecule has 0 radical (unpaired) electrons. The Morgan fingerprint density at radius 3 is 2.67 bits per heavy atom. The Morgan fingerprint density at radius 1 is 1.03 bits per heavy atom. The summed E-state index contributed by atoms with van der Waals surface area (Å²) < 4.78 is 16.1. The third-order valence-corrected chi connectivity index (χ3v) is 5.91. The Labute approximate surface area is 171 Å². The summed E-state index contributed by atoms with van der Waals surface area (Å²) in [5.74, 6) is -0.0436. The number of rotatable bonds is 2. The van der Waals surface area contributed by atoms with Crippen LogP contribution in [0.15, 0.2) is 55.2 Å². The first kappa shape index (κ1) is 17.5. The van der Waals surface area contributed by atoms with Gasteiger partial charge in [0.15, 0.2) is 5.65 Å². The van der Waals surface area contributed by atoms with E-state index in [9.17, 15) is 4.79 Å². The molecule has 2 fully saturated rings. The molecule has 1 amide bonds. The second-order valence-corrected chi connectivity index (χ2v) is 7.73. The number of para-hydroxylation sites is 2. The predicted molar refractivity (Wildman–Crippen MR) is 107 cm³/mol. The van der Waals surface area contributed by atoms with Crippen molar-refractivity contribution in [1.82, 2.24) is 29.0 Å². The number of fused-ring (bicyclic) bond motifs is 3. The van der Waals surface area contributed by atoms with Crippen LogP contribution in [0, 0.1) is 0 Å². The highest BCUT2D eigenvalue weighted by atomic mass is 16.6. The highest BCUT2D eigenvalue weighted by Crippen LogP contribution is 2.27. The van der Waals surface area contributed by atoms with Gasteiger partial charge in [0.2, 0.25) is 0 Å². The number of amides is 1. The van der Waals surface area contributed by atoms with Crippen LogP contribution in [0.5, 0.6) is 0 Å². The third kappa shape index (κ3) is 2.86. The van der Waals surface area contributed by atoms with Crippen LogP contribution < -0.4 is 0 Å². The summed E-state index contributed by atoms with van der Waals surface area (Å²) in [6, 6.07) is 11.6. The van der Waals surface area contributed by atoms with E-state index >= 15 is 0 Å². The Hall–Kier alpha value is -3.30. The Bertz CT molecular complexity index is 1220. The summed E-state index contributed by atoms with van der Waals surface area (Å²) in [7, 11) is 0. The molecular formula is C21H20N6O3. The molecule has 0 N–H and O–H groups in total. The van der Waals surface area contributed by atoms with Crippen molar-refractivity contribution in [2.45, 2.75) is 18.2 Å². The van der Waals surface area contributed by atoms with E-state index in [2.05, 4.69) is 25.7 Å². The maximum atomic E-state index is 13.0. The zero-order valence-corrected chi connectivity index (χ0v) is 16.2. The van der Waals surface area contributed by atoms with Gasteiger partial charge in [-0.3, -0.25) is 4.79 Å². The van der Waals surface area contributed by atoms with E-state index < -0.39 is 0 Å². The van der Waals surface area contributed by atoms with Gasteiger partial charge in [0.1, 0.15) is 18.5 Å². The lowest BCUT2D eigenvalue weighted by Gasteiger charge is -2.20. The molecule has 0 unspecified atom stereocenters. The van der Waals surface area contributed by atoms with E-state index in [-0.39, 0.29) is 24.2 Å². The molecule has 9 nitrogen and oxygen atoms in total. The second-order valence-electron chi connectivity index (χ2n) is 7.73. The molecule has 2 aliphatic heterocycles. The van der Waals surface area contributed by atoms with Crippen molar-refractivity contribution in [3.05, 3.63) is 60.8 Å². The van der Waals surface area contributed by atoms with E-state index in [0.717, 1.165) is 11.0 Å². The van der Waals surface area contributed by atoms with Gasteiger partial charge in [-0.25, -0.2) is 14.5 Å². The molecule has 0 saturated carbocycles. The number of benzene rings is 1. The summed E-state index contributed by atoms with van der Waals surface area (Å²) in [6.45, 7) is 2.07. The minimum atomic E-state index is -0.134. The number of ether oxygens (including phenoxy) is 2. The lowest BCUT2D eigenvalue weighted by Crippen LogP contribution is -2.31. The first-order chi connectivity index (χ1) is 14.8. The summed E-state index contributed by atoms with van der Waals surface area (Å²) >= 11 is 0. The number of hydrogen-bond acceptors (Lipinski definition) is 6. The fraction of sp³-hybridized carbons (Fsp3) is 0.333. The van der Waals surface area contributed by atoms with E-state index in [1.54, 1.807) is 27.7 Å². The lowest BCUT2D eigenvalue weighted by molar-refractivity contribution is -0.00461. The fourth-order valence-corrected chi connectivity index (χ4v) is 4.31. The topological polar surface area (TPSA) is 86.8 Å². The molecule has 3 aromatic heterocycles. The average Bonchev–Trinajstić information content (AvgIpc) is 3.49. The number of carbonyl (C=O) groups excluding carboxylic acids is 1. The van der Waals surface area contributed by atoms with Gasteiger partial charge < -0.3 is 18.9 Å². The van der Waals surface area contributed by atoms with Crippen molar-refractivity contribution < 1.29 is 14.3 Å². The number of pyridine rings is 1. The van der Waals surface area contributed by atoms with Gasteiger partial charge in [0.05, 0.1) is 36.6 Å². The van der Waals surface area contributed by atoms with Crippen molar-refractivity contribution in [2.75, 3.05) is 26.3 Å². The first-order valence-electron chi connectivity index (χ1n) is 10.00. The van der Waals surface area contributed by atoms with Gasteiger partial charge in [-0.1, -0.05) is 12.1 Å². The molecule has 0 aliphatic carbocycles. The largest absolute Gasteiger partial charge is 0.371 e. The smallest absolute Gasteiger partial charge is 0.254 e. The highest BCUT2D eigenvalue weighted by Gasteiger charge is 2.40. The standard InChI is InChI=1S/C21H20N6O3/c28-21(14-5-6-27-20(7-14)22-12-24-27)25-8-18-19(9-25)30-11-15(10-29-18)26-13-23-16-3-1-2-4-17(16)26/h1-7,12-13,15,18-19H,8-11H2/t18-,19-/m0/s1. The molecule has 5 heterocycles. The molecule has 2 atom stereocenters. The number of carbonyl (C=O) groups is 1. The maximum absolute atomic E-state index is 13.0. The zero-order chi connectivity index (χ0) is 20.1. The lowest BCUT2D eigenvalue weighted by atomic mass is 10.2. The molecule has 2 saturated heterocycles. The minimum Gasteiger partial charge on any atom is -0.371 e. The number of aromatic nitrogens is 5. The number of likely N-dealkylation sites (tertiary alicyclic amines) is 1. The predicted octanol–water partition coefficient (Wildman–Crippen LogP) is 1.56. The third-order valence-electron chi connectivity index (χ3n) is 5.91. The quantitative estimate of drug-likeness (QED) is 0.504. The van der Waals surface area contributed by atoms with Crippen molar-refractivity contribution in [3.8, 4) is 0 Å². The van der Waals surface area contributed by atoms with Gasteiger partial charge in [-0.2, -0.15) is 5.10 Å². The highest BCUT2D eigenvalue weighted by molar-refractivity contribution is 5.95. The summed E-state index contributed by atoms with van der Waals surface area (Å²) in [6.07, 6.45) is 4.80. The Morgan fingerprint density at radius 2 is 1.83 bits per heavy atom. The molecule has 0 bridgehead atoms. The molecule has 9 heteroatoms. The normalized spacial score (nSPS) is 22.5. The van der Waals surface area contributed by atoms with Crippen LogP contribution in [0.3, 0.4) is 0 Å². The molecule has 152 valence electrons. The average molecular weight is 404 g/mol. The van der Waals surface area contributed by atoms with E-state index in [1.807, 2.05) is 24.5 Å². The summed E-state index contributed by atoms with van der Waals surface area (Å²) in [4.78, 5) is 23.4. The first-order valence-corrected chi connectivity index (χ1v) is 10.00. The van der Waals surface area contributed by atoms with E-state index in [4.69, 9.17) is 9.47 Å². The van der Waals surface area contributed by atoms with Crippen LogP contribution in [0.1, 0.15) is 16.4 Å². The van der Waals surface area contributed by atoms with Crippen LogP contribution in [0.25, 0.3) is 16.7 Å². The monoisotopic (exact) mass is 404 g/mol. The molecular weight excluding hydrogens is 384 g/mol. The minimum absolute atomic E-state index is 0.0436. The van der Waals surface area contributed by atoms with Gasteiger partial charge in [-0.15, -0.1) is 0 Å². The van der Waals surface area contributed by atoms with Crippen LogP contribution in [-0.2, 0) is 9.47 Å². The SMILES string of the molecule is O=C(c1ccn2ncnc2c1)N1C[C@@H]2OCC(n3cnc4ccccc43)CO[C@H]2C1. The summed E-state index contributed by atoms with van der Waals surface area (Å²) in [5.41, 5.74) is 3.28. The number of hydrogen-bond donors (Lipinski definition) is 0. The number of imidazole rings is 1. The zero-order valence-electron chi connectivity index (χ0n) is 16.2. The van der Waals surface area contributed by atoms with Crippen molar-refractivity contribution in [3.63, 3.8) is 0 Å². The molecule has 2 aliphatic rings. The molecule has 4 aromatic rings. The second kappa shape index (κ2) is 6.89. The summed E-state index contributed by atoms with van der Waals surface area (Å²) in [5, 5.41) is 4.07. The van der Waals surface area contributed by atoms with Crippen LogP contribution in [0.2, 0.25) is 0 Å². The van der Waals surface area contributed by atoms with Gasteiger partial charge in [0.25, 0.3) is 5.91 Å². The van der Waals surface area contributed by atoms with Crippen molar-refractivity contribution in [2.24, 2.45) is 0 Å². The Kier molecular flexibility index (Phi) is 4.03. The van der Waals surface area contributed by atoms with Gasteiger partial charge in [0, 0.05) is 24.8 Å². The Balaban J connectivity index is 1.16. The van der Waals surface area contributed by atoms with Gasteiger partial charge >= 0.3 is 0 Å². The van der Waals surface area contributed by atoms with Crippen molar-refractivity contribution in [1.29, 1.82) is 0 Å². The maximum Gasteiger partial charge on any atom is 0.254 e. The van der Waals surface area contributed by atoms with E-state index in [1.165, 1.54) is 6.33 Å². The fourth-order valence-electron chi connectivity index (χ4n) is 4.31. The van der Waals surface area contributed by atoms with Crippen LogP contribution >= 0.6 is 0 Å². The van der Waals surface area contributed by atoms with Crippen LogP contribution in [0.4, 0.5) is 0 Å². The number of nitrogens with zero attached hydrogens (tertiary/aromatic N) is 6. The molecule has 6 rings (SSSR count). The molecule has 1 aromatic carbocycles. The van der Waals surface area contributed by atoms with Crippen molar-refractivity contribution >= 4 is 22.6 Å². The molecule has 30 heavy (non-hydrogen) atoms. The molecule has 0 spiro atoms. The van der Waals surface area contributed by atoms with Crippen LogP contribution in [-0.4, -0.2) is 73.5 Å². The van der Waals surface area contributed by atoms with E-state index in [0.29, 0.717) is 37.5 Å². The van der Waals surface area contributed by atoms with Gasteiger partial charge in [-0.05, 0) is 24.3 Å².